The van der Waals surface area contributed by atoms with Crippen LogP contribution >= 0.6 is 0 Å². The van der Waals surface area contributed by atoms with Crippen molar-refractivity contribution in [1.29, 1.82) is 0 Å². The van der Waals surface area contributed by atoms with Gasteiger partial charge in [0.05, 0.1) is 5.58 Å². The molecule has 0 amide bonds. The Morgan fingerprint density at radius 3 is 2.14 bits per heavy atom. The molecule has 0 N–H and O–H groups in total. The maximum Gasteiger partial charge on any atom is 0.216 e. The summed E-state index contributed by atoms with van der Waals surface area (Å²) in [7, 11) is 0. The number of fused-ring (bicyclic) bond motifs is 3. The van der Waals surface area contributed by atoms with Gasteiger partial charge in [0.15, 0.2) is 0 Å². The van der Waals surface area contributed by atoms with Crippen molar-refractivity contribution in [2.75, 3.05) is 0 Å². The van der Waals surface area contributed by atoms with Crippen LogP contribution in [0.5, 0.6) is 0 Å². The van der Waals surface area contributed by atoms with E-state index in [2.05, 4.69) is 83.4 Å². The number of aryl methyl sites for hydroxylation is 1. The first-order valence-corrected chi connectivity index (χ1v) is 15.9. The van der Waals surface area contributed by atoms with Crippen LogP contribution in [0.4, 0.5) is 0 Å². The van der Waals surface area contributed by atoms with Gasteiger partial charge in [-0.05, 0) is 71.2 Å². The van der Waals surface area contributed by atoms with Gasteiger partial charge < -0.3 is 14.4 Å². The minimum Gasteiger partial charge on any atom is -0.486 e. The van der Waals surface area contributed by atoms with E-state index in [0.717, 1.165) is 38.9 Å². The van der Waals surface area contributed by atoms with Crippen LogP contribution in [0.1, 0.15) is 44.5 Å². The number of pyridine rings is 3. The Morgan fingerprint density at radius 2 is 1.39 bits per heavy atom. The monoisotopic (exact) mass is 816 g/mol. The zero-order chi connectivity index (χ0) is 34.7. The summed E-state index contributed by atoms with van der Waals surface area (Å²) >= 11 is 0. The summed E-state index contributed by atoms with van der Waals surface area (Å²) in [6.07, 6.45) is 1.91. The van der Waals surface area contributed by atoms with Gasteiger partial charge in [-0.2, -0.15) is 0 Å². The van der Waals surface area contributed by atoms with Crippen molar-refractivity contribution >= 4 is 22.1 Å². The summed E-state index contributed by atoms with van der Waals surface area (Å²) in [6.45, 7) is 6.42. The molecule has 0 spiro atoms. The largest absolute Gasteiger partial charge is 0.486 e. The van der Waals surface area contributed by atoms with E-state index in [0.29, 0.717) is 22.5 Å². The smallest absolute Gasteiger partial charge is 0.216 e. The molecule has 8 rings (SSSR count). The normalized spacial score (nSPS) is 12.0. The SMILES string of the molecule is CC(C)(c1ccccc1)c1ccnc(-c2[c-]cccc2)c1.[2H]C([2H])(c1ccccc1)c1ccnc(-c2[c-]cc3oc4nc(C)ccc4c3c2)c1.[Ir]. The summed E-state index contributed by atoms with van der Waals surface area (Å²) in [4.78, 5) is 13.4. The van der Waals surface area contributed by atoms with Gasteiger partial charge in [0.2, 0.25) is 5.71 Å². The predicted octanol–water partition coefficient (Wildman–Crippen LogP) is 10.6. The minimum atomic E-state index is -1.62. The molecule has 0 aliphatic rings. The third-order valence-corrected chi connectivity index (χ3v) is 8.47. The summed E-state index contributed by atoms with van der Waals surface area (Å²) < 4.78 is 23.1. The van der Waals surface area contributed by atoms with Gasteiger partial charge in [0.1, 0.15) is 0 Å². The number of hydrogen-bond acceptors (Lipinski definition) is 4. The molecule has 0 aliphatic carbocycles. The van der Waals surface area contributed by atoms with Crippen LogP contribution in [0.15, 0.2) is 150 Å². The van der Waals surface area contributed by atoms with Gasteiger partial charge in [-0.3, -0.25) is 0 Å². The van der Waals surface area contributed by atoms with E-state index in [1.54, 1.807) is 36.5 Å². The fraction of sp³-hybridized carbons (Fsp3) is 0.114. The molecule has 0 bridgehead atoms. The number of aromatic nitrogens is 3. The Labute approximate surface area is 304 Å². The van der Waals surface area contributed by atoms with Gasteiger partial charge in [-0.25, -0.2) is 4.98 Å². The average molecular weight is 816 g/mol. The molecule has 4 aromatic heterocycles. The Bertz CT molecular complexity index is 2400. The molecule has 5 heteroatoms. The van der Waals surface area contributed by atoms with Gasteiger partial charge >= 0.3 is 0 Å². The van der Waals surface area contributed by atoms with Gasteiger partial charge in [-0.15, -0.1) is 59.7 Å². The van der Waals surface area contributed by atoms with E-state index >= 15 is 0 Å². The second-order valence-electron chi connectivity index (χ2n) is 12.1. The number of rotatable bonds is 6. The summed E-state index contributed by atoms with van der Waals surface area (Å²) in [5.74, 6) is 0. The molecule has 4 heterocycles. The minimum absolute atomic E-state index is 0. The zero-order valence-electron chi connectivity index (χ0n) is 29.4. The van der Waals surface area contributed by atoms with Crippen molar-refractivity contribution in [3.05, 3.63) is 186 Å². The van der Waals surface area contributed by atoms with Gasteiger partial charge in [0, 0.05) is 51.7 Å². The molecule has 0 saturated heterocycles. The van der Waals surface area contributed by atoms with Gasteiger partial charge in [-0.1, -0.05) is 92.0 Å². The molecule has 49 heavy (non-hydrogen) atoms. The molecule has 1 radical (unpaired) electrons. The van der Waals surface area contributed by atoms with Crippen molar-refractivity contribution < 1.29 is 27.3 Å². The third kappa shape index (κ3) is 7.60. The van der Waals surface area contributed by atoms with E-state index in [1.165, 1.54) is 11.1 Å². The van der Waals surface area contributed by atoms with Crippen LogP contribution in [-0.2, 0) is 31.9 Å². The van der Waals surface area contributed by atoms with Gasteiger partial charge in [0.25, 0.3) is 0 Å². The second-order valence-corrected chi connectivity index (χ2v) is 12.1. The maximum absolute atomic E-state index is 8.61. The van der Waals surface area contributed by atoms with Crippen molar-refractivity contribution in [2.45, 2.75) is 32.6 Å². The van der Waals surface area contributed by atoms with Crippen LogP contribution in [0.25, 0.3) is 44.6 Å². The third-order valence-electron chi connectivity index (χ3n) is 8.47. The first kappa shape index (κ1) is 31.1. The molecule has 0 aliphatic heterocycles. The Kier molecular flexibility index (Phi) is 9.45. The molecular formula is C44H35IrN3O-2. The first-order valence-electron chi connectivity index (χ1n) is 16.9. The molecule has 243 valence electrons. The topological polar surface area (TPSA) is 51.8 Å². The van der Waals surface area contributed by atoms with Crippen LogP contribution in [-0.4, -0.2) is 15.0 Å². The van der Waals surface area contributed by atoms with Crippen molar-refractivity contribution in [1.82, 2.24) is 15.0 Å². The molecule has 8 aromatic rings. The number of nitrogens with zero attached hydrogens (tertiary/aromatic N) is 3. The Balaban J connectivity index is 0.000000181. The molecular weight excluding hydrogens is 779 g/mol. The average Bonchev–Trinajstić information content (AvgIpc) is 3.53. The van der Waals surface area contributed by atoms with Crippen LogP contribution in [0, 0.1) is 19.1 Å². The van der Waals surface area contributed by atoms with Crippen LogP contribution < -0.4 is 0 Å². The van der Waals surface area contributed by atoms with Crippen molar-refractivity contribution in [2.24, 2.45) is 0 Å². The maximum atomic E-state index is 8.61. The first-order chi connectivity index (χ1) is 24.2. The summed E-state index contributed by atoms with van der Waals surface area (Å²) in [6, 6.07) is 49.7. The van der Waals surface area contributed by atoms with Crippen molar-refractivity contribution in [3.63, 3.8) is 0 Å². The Morgan fingerprint density at radius 1 is 0.673 bits per heavy atom. The Hall–Kier alpha value is -5.22. The molecule has 0 saturated carbocycles. The number of benzene rings is 4. The standard InChI is InChI=1S/C24H17N2O.C20H18N.Ir/c1-16-7-9-20-21-15-19(8-10-23(21)27-24(20)26-16)22-14-18(11-12-25-22)13-17-5-3-2-4-6-17;1-20(2,17-11-7-4-8-12-17)18-13-14-21-19(15-18)16-9-5-3-6-10-16;/h2-7,9-12,14-15H,13H2,1H3;3-9,11-15H,1-2H3;/q2*-1;/i13D2;;. The quantitative estimate of drug-likeness (QED) is 0.157. The van der Waals surface area contributed by atoms with E-state index in [9.17, 15) is 0 Å². The van der Waals surface area contributed by atoms with Crippen molar-refractivity contribution in [3.8, 4) is 22.5 Å². The van der Waals surface area contributed by atoms with Crippen LogP contribution in [0.3, 0.4) is 0 Å². The predicted molar refractivity (Wildman–Crippen MR) is 195 cm³/mol. The summed E-state index contributed by atoms with van der Waals surface area (Å²) in [5.41, 5.74) is 9.35. The van der Waals surface area contributed by atoms with E-state index in [4.69, 9.17) is 7.16 Å². The molecule has 0 fully saturated rings. The summed E-state index contributed by atoms with van der Waals surface area (Å²) in [5, 5.41) is 1.89. The zero-order valence-corrected chi connectivity index (χ0v) is 29.8. The molecule has 0 atom stereocenters. The second kappa shape index (κ2) is 14.9. The van der Waals surface area contributed by atoms with E-state index < -0.39 is 6.37 Å². The van der Waals surface area contributed by atoms with E-state index in [1.807, 2.05) is 73.8 Å². The molecule has 0 unspecified atom stereocenters. The fourth-order valence-corrected chi connectivity index (χ4v) is 5.73. The number of hydrogen-bond donors (Lipinski definition) is 0. The van der Waals surface area contributed by atoms with E-state index in [-0.39, 0.29) is 25.5 Å². The van der Waals surface area contributed by atoms with Crippen LogP contribution in [0.2, 0.25) is 0 Å². The molecule has 4 nitrogen and oxygen atoms in total. The molecule has 4 aromatic carbocycles. The fourth-order valence-electron chi connectivity index (χ4n) is 5.73. The number of furan rings is 1.